The average Bonchev–Trinajstić information content (AvgIpc) is 2.99. The minimum Gasteiger partial charge on any atom is -0.439 e. The van der Waals surface area contributed by atoms with Gasteiger partial charge in [-0.1, -0.05) is 74.5 Å². The van der Waals surface area contributed by atoms with Crippen molar-refractivity contribution in [3.05, 3.63) is 66.6 Å². The fraction of sp³-hybridized carbons (Fsp3) is 0.211. The molecule has 0 spiro atoms. The SMILES string of the molecule is CC(C)NCc1nc(-c2ccccc2)c(-c2ccccc2)o1. The lowest BCUT2D eigenvalue weighted by Gasteiger charge is -2.03. The zero-order chi connectivity index (χ0) is 15.4. The fourth-order valence-electron chi connectivity index (χ4n) is 2.31. The fourth-order valence-corrected chi connectivity index (χ4v) is 2.31. The van der Waals surface area contributed by atoms with Crippen molar-refractivity contribution in [2.45, 2.75) is 26.4 Å². The highest BCUT2D eigenvalue weighted by Crippen LogP contribution is 2.32. The second kappa shape index (κ2) is 6.58. The molecule has 1 heterocycles. The molecule has 0 unspecified atom stereocenters. The van der Waals surface area contributed by atoms with Gasteiger partial charge in [0.15, 0.2) is 5.76 Å². The van der Waals surface area contributed by atoms with Crippen molar-refractivity contribution in [1.82, 2.24) is 10.3 Å². The van der Waals surface area contributed by atoms with Gasteiger partial charge in [-0.3, -0.25) is 0 Å². The first-order chi connectivity index (χ1) is 10.7. The minimum atomic E-state index is 0.396. The minimum absolute atomic E-state index is 0.396. The number of aromatic nitrogens is 1. The molecule has 0 fully saturated rings. The molecule has 0 aliphatic heterocycles. The van der Waals surface area contributed by atoms with Crippen LogP contribution in [0.4, 0.5) is 0 Å². The summed E-state index contributed by atoms with van der Waals surface area (Å²) in [7, 11) is 0. The zero-order valence-corrected chi connectivity index (χ0v) is 12.9. The third kappa shape index (κ3) is 3.26. The molecule has 3 nitrogen and oxygen atoms in total. The summed E-state index contributed by atoms with van der Waals surface area (Å²) in [5.74, 6) is 1.54. The second-order valence-corrected chi connectivity index (χ2v) is 5.55. The standard InChI is InChI=1S/C19H20N2O/c1-14(2)20-13-17-21-18(15-9-5-3-6-10-15)19(22-17)16-11-7-4-8-12-16/h3-12,14,20H,13H2,1-2H3. The maximum atomic E-state index is 6.03. The lowest BCUT2D eigenvalue weighted by molar-refractivity contribution is 0.459. The molecule has 0 saturated heterocycles. The summed E-state index contributed by atoms with van der Waals surface area (Å²) in [5, 5.41) is 3.35. The van der Waals surface area contributed by atoms with Crippen LogP contribution in [0.25, 0.3) is 22.6 Å². The monoisotopic (exact) mass is 292 g/mol. The zero-order valence-electron chi connectivity index (χ0n) is 12.9. The average molecular weight is 292 g/mol. The quantitative estimate of drug-likeness (QED) is 0.752. The van der Waals surface area contributed by atoms with Crippen molar-refractivity contribution in [3.63, 3.8) is 0 Å². The van der Waals surface area contributed by atoms with E-state index < -0.39 is 0 Å². The summed E-state index contributed by atoms with van der Waals surface area (Å²) >= 11 is 0. The van der Waals surface area contributed by atoms with Gasteiger partial charge in [0.2, 0.25) is 5.89 Å². The molecule has 0 aliphatic rings. The van der Waals surface area contributed by atoms with E-state index in [1.54, 1.807) is 0 Å². The molecule has 1 N–H and O–H groups in total. The van der Waals surface area contributed by atoms with Crippen LogP contribution in [0.2, 0.25) is 0 Å². The molecule has 3 aromatic rings. The highest BCUT2D eigenvalue weighted by Gasteiger charge is 2.16. The van der Waals surface area contributed by atoms with E-state index in [9.17, 15) is 0 Å². The maximum Gasteiger partial charge on any atom is 0.209 e. The topological polar surface area (TPSA) is 38.1 Å². The largest absolute Gasteiger partial charge is 0.439 e. The van der Waals surface area contributed by atoms with Crippen LogP contribution in [0.3, 0.4) is 0 Å². The van der Waals surface area contributed by atoms with Gasteiger partial charge in [-0.15, -0.1) is 0 Å². The predicted octanol–water partition coefficient (Wildman–Crippen LogP) is 4.51. The van der Waals surface area contributed by atoms with Crippen LogP contribution in [0, 0.1) is 0 Å². The van der Waals surface area contributed by atoms with E-state index in [2.05, 4.69) is 31.3 Å². The summed E-state index contributed by atoms with van der Waals surface area (Å²) < 4.78 is 6.03. The Hall–Kier alpha value is -2.39. The van der Waals surface area contributed by atoms with Gasteiger partial charge in [0.1, 0.15) is 5.69 Å². The van der Waals surface area contributed by atoms with Crippen LogP contribution < -0.4 is 5.32 Å². The number of hydrogen-bond acceptors (Lipinski definition) is 3. The first-order valence-electron chi connectivity index (χ1n) is 7.58. The van der Waals surface area contributed by atoms with Crippen molar-refractivity contribution in [2.24, 2.45) is 0 Å². The van der Waals surface area contributed by atoms with Gasteiger partial charge in [0, 0.05) is 17.2 Å². The third-order valence-corrected chi connectivity index (χ3v) is 3.42. The van der Waals surface area contributed by atoms with Crippen molar-refractivity contribution < 1.29 is 4.42 Å². The molecule has 0 amide bonds. The number of hydrogen-bond donors (Lipinski definition) is 1. The van der Waals surface area contributed by atoms with Crippen LogP contribution in [0.1, 0.15) is 19.7 Å². The Balaban J connectivity index is 2.03. The second-order valence-electron chi connectivity index (χ2n) is 5.55. The van der Waals surface area contributed by atoms with Gasteiger partial charge in [0.25, 0.3) is 0 Å². The van der Waals surface area contributed by atoms with Gasteiger partial charge < -0.3 is 9.73 Å². The van der Waals surface area contributed by atoms with Crippen LogP contribution in [0.5, 0.6) is 0 Å². The first-order valence-corrected chi connectivity index (χ1v) is 7.58. The molecule has 3 rings (SSSR count). The number of nitrogens with one attached hydrogen (secondary N) is 1. The van der Waals surface area contributed by atoms with Gasteiger partial charge in [-0.05, 0) is 0 Å². The van der Waals surface area contributed by atoms with Crippen LogP contribution >= 0.6 is 0 Å². The summed E-state index contributed by atoms with van der Waals surface area (Å²) in [5.41, 5.74) is 3.01. The maximum absolute atomic E-state index is 6.03. The Bertz CT molecular complexity index is 661. The molecule has 1 aromatic heterocycles. The lowest BCUT2D eigenvalue weighted by Crippen LogP contribution is -2.21. The molecule has 0 bridgehead atoms. The van der Waals surface area contributed by atoms with Crippen LogP contribution in [-0.2, 0) is 6.54 Å². The van der Waals surface area contributed by atoms with E-state index in [-0.39, 0.29) is 0 Å². The van der Waals surface area contributed by atoms with E-state index in [1.807, 2.05) is 48.5 Å². The van der Waals surface area contributed by atoms with E-state index in [1.165, 1.54) is 0 Å². The van der Waals surface area contributed by atoms with E-state index >= 15 is 0 Å². The molecule has 0 atom stereocenters. The van der Waals surface area contributed by atoms with Crippen LogP contribution in [-0.4, -0.2) is 11.0 Å². The summed E-state index contributed by atoms with van der Waals surface area (Å²) in [6.45, 7) is 4.85. The molecular formula is C19H20N2O. The molecule has 0 radical (unpaired) electrons. The Morgan fingerprint density at radius 1 is 0.909 bits per heavy atom. The van der Waals surface area contributed by atoms with E-state index in [0.717, 1.165) is 22.6 Å². The van der Waals surface area contributed by atoms with E-state index in [0.29, 0.717) is 18.5 Å². The highest BCUT2D eigenvalue weighted by atomic mass is 16.4. The molecule has 0 saturated carbocycles. The molecule has 3 heteroatoms. The summed E-state index contributed by atoms with van der Waals surface area (Å²) in [6, 6.07) is 20.7. The molecule has 22 heavy (non-hydrogen) atoms. The van der Waals surface area contributed by atoms with E-state index in [4.69, 9.17) is 9.40 Å². The number of oxazole rings is 1. The van der Waals surface area contributed by atoms with Gasteiger partial charge in [0.05, 0.1) is 6.54 Å². The highest BCUT2D eigenvalue weighted by molar-refractivity contribution is 5.76. The number of rotatable bonds is 5. The third-order valence-electron chi connectivity index (χ3n) is 3.42. The van der Waals surface area contributed by atoms with Crippen molar-refractivity contribution in [2.75, 3.05) is 0 Å². The summed E-state index contributed by atoms with van der Waals surface area (Å²) in [4.78, 5) is 4.70. The summed E-state index contributed by atoms with van der Waals surface area (Å²) in [6.07, 6.45) is 0. The lowest BCUT2D eigenvalue weighted by atomic mass is 10.1. The molecule has 2 aromatic carbocycles. The molecular weight excluding hydrogens is 272 g/mol. The Kier molecular flexibility index (Phi) is 4.35. The van der Waals surface area contributed by atoms with Crippen molar-refractivity contribution in [3.8, 4) is 22.6 Å². The van der Waals surface area contributed by atoms with Gasteiger partial charge in [-0.2, -0.15) is 0 Å². The Labute approximate surface area is 131 Å². The normalized spacial score (nSPS) is 11.0. The smallest absolute Gasteiger partial charge is 0.209 e. The van der Waals surface area contributed by atoms with Gasteiger partial charge in [-0.25, -0.2) is 4.98 Å². The number of nitrogens with zero attached hydrogens (tertiary/aromatic N) is 1. The Morgan fingerprint density at radius 3 is 2.09 bits per heavy atom. The number of benzene rings is 2. The first kappa shape index (κ1) is 14.5. The Morgan fingerprint density at radius 2 is 1.50 bits per heavy atom. The predicted molar refractivity (Wildman–Crippen MR) is 89.4 cm³/mol. The van der Waals surface area contributed by atoms with Gasteiger partial charge >= 0.3 is 0 Å². The van der Waals surface area contributed by atoms with Crippen LogP contribution in [0.15, 0.2) is 65.1 Å². The molecule has 0 aliphatic carbocycles. The van der Waals surface area contributed by atoms with Crippen molar-refractivity contribution in [1.29, 1.82) is 0 Å². The molecule has 112 valence electrons. The van der Waals surface area contributed by atoms with Crippen molar-refractivity contribution >= 4 is 0 Å².